The molecule has 5 nitrogen and oxygen atoms in total. The van der Waals surface area contributed by atoms with Crippen molar-refractivity contribution in [2.75, 3.05) is 4.90 Å². The molecule has 1 aromatic heterocycles. The van der Waals surface area contributed by atoms with Gasteiger partial charge in [0.15, 0.2) is 5.13 Å². The average molecular weight is 523 g/mol. The van der Waals surface area contributed by atoms with E-state index in [1.165, 1.54) is 16.2 Å². The van der Waals surface area contributed by atoms with Crippen molar-refractivity contribution in [2.24, 2.45) is 0 Å². The third kappa shape index (κ3) is 4.01. The number of amides is 1. The van der Waals surface area contributed by atoms with Gasteiger partial charge in [-0.05, 0) is 55.7 Å². The van der Waals surface area contributed by atoms with Crippen LogP contribution in [-0.2, 0) is 9.59 Å². The van der Waals surface area contributed by atoms with Crippen LogP contribution in [-0.4, -0.2) is 21.8 Å². The highest BCUT2D eigenvalue weighted by Crippen LogP contribution is 2.45. The van der Waals surface area contributed by atoms with Gasteiger partial charge in [-0.15, -0.1) is 0 Å². The molecule has 0 spiro atoms. The molecule has 0 aliphatic carbocycles. The number of ketones is 1. The van der Waals surface area contributed by atoms with Crippen molar-refractivity contribution < 1.29 is 14.7 Å². The number of aliphatic hydroxyl groups is 1. The Balaban J connectivity index is 1.76. The van der Waals surface area contributed by atoms with E-state index in [4.69, 9.17) is 28.2 Å². The minimum absolute atomic E-state index is 0.0237. The maximum atomic E-state index is 13.4. The predicted molar refractivity (Wildman–Crippen MR) is 142 cm³/mol. The van der Waals surface area contributed by atoms with Crippen molar-refractivity contribution in [2.45, 2.75) is 26.8 Å². The largest absolute Gasteiger partial charge is 0.507 e. The fourth-order valence-electron chi connectivity index (χ4n) is 4.36. The Morgan fingerprint density at radius 2 is 1.66 bits per heavy atom. The first-order valence-electron chi connectivity index (χ1n) is 10.9. The van der Waals surface area contributed by atoms with E-state index in [2.05, 4.69) is 0 Å². The van der Waals surface area contributed by atoms with Crippen molar-refractivity contribution in [3.05, 3.63) is 98.0 Å². The molecule has 2 heterocycles. The second-order valence-corrected chi connectivity index (χ2v) is 10.5. The fourth-order valence-corrected chi connectivity index (χ4v) is 5.83. The van der Waals surface area contributed by atoms with E-state index in [-0.39, 0.29) is 16.4 Å². The van der Waals surface area contributed by atoms with E-state index in [0.717, 1.165) is 26.9 Å². The van der Waals surface area contributed by atoms with E-state index < -0.39 is 17.7 Å². The Morgan fingerprint density at radius 1 is 0.943 bits per heavy atom. The maximum absolute atomic E-state index is 13.4. The first kappa shape index (κ1) is 23.5. The number of aromatic nitrogens is 1. The van der Waals surface area contributed by atoms with Gasteiger partial charge in [-0.3, -0.25) is 14.5 Å². The molecule has 3 aromatic carbocycles. The smallest absolute Gasteiger partial charge is 0.301 e. The lowest BCUT2D eigenvalue weighted by Crippen LogP contribution is -2.29. The Hall–Kier alpha value is -3.19. The normalized spacial score (nSPS) is 17.5. The van der Waals surface area contributed by atoms with Crippen LogP contribution < -0.4 is 4.90 Å². The molecule has 1 atom stereocenters. The number of carbonyl (C=O) groups excluding carboxylic acids is 2. The summed E-state index contributed by atoms with van der Waals surface area (Å²) in [5, 5.41) is 12.2. The Labute approximate surface area is 216 Å². The number of anilines is 1. The van der Waals surface area contributed by atoms with Gasteiger partial charge in [-0.25, -0.2) is 4.98 Å². The molecule has 5 rings (SSSR count). The molecule has 1 fully saturated rings. The lowest BCUT2D eigenvalue weighted by atomic mass is 9.95. The van der Waals surface area contributed by atoms with Gasteiger partial charge in [-0.2, -0.15) is 0 Å². The molecule has 1 amide bonds. The van der Waals surface area contributed by atoms with Crippen LogP contribution in [0.15, 0.2) is 60.2 Å². The average Bonchev–Trinajstić information content (AvgIpc) is 3.34. The van der Waals surface area contributed by atoms with Crippen molar-refractivity contribution in [1.29, 1.82) is 0 Å². The van der Waals surface area contributed by atoms with Gasteiger partial charge < -0.3 is 5.11 Å². The first-order valence-corrected chi connectivity index (χ1v) is 12.4. The molecule has 1 unspecified atom stereocenters. The highest BCUT2D eigenvalue weighted by atomic mass is 35.5. The van der Waals surface area contributed by atoms with Gasteiger partial charge >= 0.3 is 5.91 Å². The highest BCUT2D eigenvalue weighted by Gasteiger charge is 2.48. The van der Waals surface area contributed by atoms with Crippen LogP contribution in [0.25, 0.3) is 16.0 Å². The summed E-state index contributed by atoms with van der Waals surface area (Å²) in [5.74, 6) is -1.80. The third-order valence-electron chi connectivity index (χ3n) is 6.05. The zero-order chi connectivity index (χ0) is 25.0. The van der Waals surface area contributed by atoms with Crippen LogP contribution >= 0.6 is 34.5 Å². The van der Waals surface area contributed by atoms with Gasteiger partial charge in [-0.1, -0.05) is 76.5 Å². The molecule has 176 valence electrons. The molecule has 0 radical (unpaired) electrons. The van der Waals surface area contributed by atoms with Crippen molar-refractivity contribution in [3.8, 4) is 0 Å². The number of Topliss-reactive ketones (excluding diaryl/α,β-unsaturated/α-hetero) is 1. The number of aryl methyl sites for hydroxylation is 3. The van der Waals surface area contributed by atoms with Crippen molar-refractivity contribution >= 4 is 67.3 Å². The summed E-state index contributed by atoms with van der Waals surface area (Å²) in [6.45, 7) is 5.88. The maximum Gasteiger partial charge on any atom is 0.301 e. The minimum atomic E-state index is -0.923. The lowest BCUT2D eigenvalue weighted by molar-refractivity contribution is -0.132. The molecule has 1 aliphatic heterocycles. The summed E-state index contributed by atoms with van der Waals surface area (Å²) in [7, 11) is 0. The fraction of sp³-hybridized carbons (Fsp3) is 0.148. The number of benzene rings is 3. The summed E-state index contributed by atoms with van der Waals surface area (Å²) < 4.78 is 0.908. The van der Waals surface area contributed by atoms with Crippen LogP contribution in [0.1, 0.15) is 33.9 Å². The number of hydrogen-bond acceptors (Lipinski definition) is 5. The third-order valence-corrected chi connectivity index (χ3v) is 7.79. The molecule has 8 heteroatoms. The van der Waals surface area contributed by atoms with Gasteiger partial charge in [0.1, 0.15) is 5.76 Å². The lowest BCUT2D eigenvalue weighted by Gasteiger charge is -2.23. The Morgan fingerprint density at radius 3 is 2.34 bits per heavy atom. The number of nitrogens with zero attached hydrogens (tertiary/aromatic N) is 2. The molecule has 0 bridgehead atoms. The van der Waals surface area contributed by atoms with Crippen LogP contribution in [0.5, 0.6) is 0 Å². The minimum Gasteiger partial charge on any atom is -0.507 e. The number of carbonyl (C=O) groups is 2. The number of fused-ring (bicyclic) bond motifs is 1. The van der Waals surface area contributed by atoms with Crippen LogP contribution in [0.3, 0.4) is 0 Å². The summed E-state index contributed by atoms with van der Waals surface area (Å²) in [6.07, 6.45) is 0. The number of rotatable bonds is 3. The number of hydrogen-bond donors (Lipinski definition) is 1. The van der Waals surface area contributed by atoms with E-state index >= 15 is 0 Å². The number of thiazole rings is 1. The zero-order valence-electron chi connectivity index (χ0n) is 19.1. The van der Waals surface area contributed by atoms with E-state index in [9.17, 15) is 14.7 Å². The zero-order valence-corrected chi connectivity index (χ0v) is 21.4. The van der Waals surface area contributed by atoms with Crippen LogP contribution in [0, 0.1) is 20.8 Å². The Kier molecular flexibility index (Phi) is 5.91. The summed E-state index contributed by atoms with van der Waals surface area (Å²) in [5.41, 5.74) is 4.78. The second kappa shape index (κ2) is 8.79. The van der Waals surface area contributed by atoms with E-state index in [0.29, 0.717) is 21.3 Å². The monoisotopic (exact) mass is 522 g/mol. The standard InChI is InChI=1S/C27H20Cl2N2O3S/c1-13-4-6-16(7-5-13)24(32)21-23(17-8-9-18(28)19(29)12-17)31(26(34)25(21)33)27-30-22-15(3)10-14(2)11-20(22)35-27/h4-12,23,32H,1-3H3. The van der Waals surface area contributed by atoms with Gasteiger partial charge in [0, 0.05) is 5.56 Å². The van der Waals surface area contributed by atoms with Gasteiger partial charge in [0.05, 0.1) is 31.9 Å². The number of aliphatic hydroxyl groups excluding tert-OH is 1. The van der Waals surface area contributed by atoms with Gasteiger partial charge in [0.2, 0.25) is 0 Å². The molecule has 35 heavy (non-hydrogen) atoms. The van der Waals surface area contributed by atoms with Gasteiger partial charge in [0.25, 0.3) is 5.78 Å². The molecule has 4 aromatic rings. The topological polar surface area (TPSA) is 70.5 Å². The summed E-state index contributed by atoms with van der Waals surface area (Å²) >= 11 is 13.8. The highest BCUT2D eigenvalue weighted by molar-refractivity contribution is 7.22. The SMILES string of the molecule is Cc1ccc(C(O)=C2C(=O)C(=O)N(c3nc4c(C)cc(C)cc4s3)C2c2ccc(Cl)c(Cl)c2)cc1. The van der Waals surface area contributed by atoms with Crippen LogP contribution in [0.4, 0.5) is 5.13 Å². The molecule has 1 N–H and O–H groups in total. The van der Waals surface area contributed by atoms with E-state index in [1.807, 2.05) is 45.0 Å². The molecular weight excluding hydrogens is 503 g/mol. The molecule has 1 saturated heterocycles. The van der Waals surface area contributed by atoms with Crippen LogP contribution in [0.2, 0.25) is 10.0 Å². The molecule has 0 saturated carbocycles. The molecular formula is C27H20Cl2N2O3S. The van der Waals surface area contributed by atoms with Crippen molar-refractivity contribution in [1.82, 2.24) is 4.98 Å². The Bertz CT molecular complexity index is 1560. The second-order valence-electron chi connectivity index (χ2n) is 8.63. The quantitative estimate of drug-likeness (QED) is 0.176. The van der Waals surface area contributed by atoms with Crippen molar-refractivity contribution in [3.63, 3.8) is 0 Å². The summed E-state index contributed by atoms with van der Waals surface area (Å²) in [6, 6.07) is 15.1. The number of halogens is 2. The first-order chi connectivity index (χ1) is 16.7. The summed E-state index contributed by atoms with van der Waals surface area (Å²) in [4.78, 5) is 32.8. The van der Waals surface area contributed by atoms with E-state index in [1.54, 1.807) is 30.3 Å². The predicted octanol–water partition coefficient (Wildman–Crippen LogP) is 7.15. The molecule has 1 aliphatic rings.